The second kappa shape index (κ2) is 2.43. The predicted molar refractivity (Wildman–Crippen MR) is 30.2 cm³/mol. The Kier molecular flexibility index (Phi) is 2.39. The van der Waals surface area contributed by atoms with Gasteiger partial charge in [0.1, 0.15) is 0 Å². The molecule has 0 aromatic carbocycles. The van der Waals surface area contributed by atoms with Crippen molar-refractivity contribution in [3.05, 3.63) is 7.05 Å². The number of hydrogen-bond donors (Lipinski definition) is 2. The van der Waals surface area contributed by atoms with Gasteiger partial charge in [0.2, 0.25) is 0 Å². The van der Waals surface area contributed by atoms with E-state index in [0.29, 0.717) is 0 Å². The Morgan fingerprint density at radius 2 is 2.00 bits per heavy atom. The van der Waals surface area contributed by atoms with E-state index in [2.05, 4.69) is 11.8 Å². The summed E-state index contributed by atoms with van der Waals surface area (Å²) in [6.45, 7) is 0. The van der Waals surface area contributed by atoms with Gasteiger partial charge in [0, 0.05) is 7.05 Å². The number of rotatable bonds is 2. The van der Waals surface area contributed by atoms with Crippen molar-refractivity contribution in [2.45, 2.75) is 0 Å². The molecule has 0 bridgehead atoms. The van der Waals surface area contributed by atoms with Crippen LogP contribution in [-0.2, 0) is 10.2 Å². The van der Waals surface area contributed by atoms with E-state index in [4.69, 9.17) is 0 Å². The standard InChI is InChI=1S/C3H10N2O2S/c1-4-8(6,7)5(2)3/h4-5H,2H2,1,3H3. The lowest BCUT2D eigenvalue weighted by molar-refractivity contribution is -0.688. The minimum atomic E-state index is -3.18. The van der Waals surface area contributed by atoms with Crippen molar-refractivity contribution >= 4 is 10.2 Å². The molecular weight excluding hydrogens is 128 g/mol. The third kappa shape index (κ3) is 1.77. The Bertz CT molecular complexity index is 149. The topological polar surface area (TPSA) is 50.6 Å². The fourth-order valence-electron chi connectivity index (χ4n) is 0.174. The SMILES string of the molecule is [CH2-][NH+](C)S(=O)(=O)NC. The van der Waals surface area contributed by atoms with Gasteiger partial charge in [-0.25, -0.2) is 0 Å². The molecule has 4 nitrogen and oxygen atoms in total. The van der Waals surface area contributed by atoms with Crippen LogP contribution in [0.2, 0.25) is 0 Å². The van der Waals surface area contributed by atoms with Gasteiger partial charge in [-0.1, -0.05) is 0 Å². The zero-order valence-corrected chi connectivity index (χ0v) is 5.75. The Morgan fingerprint density at radius 3 is 2.00 bits per heavy atom. The van der Waals surface area contributed by atoms with E-state index >= 15 is 0 Å². The molecule has 50 valence electrons. The molecule has 0 aliphatic carbocycles. The first kappa shape index (κ1) is 7.87. The van der Waals surface area contributed by atoms with Gasteiger partial charge in [-0.3, -0.25) is 0 Å². The van der Waals surface area contributed by atoms with E-state index in [0.717, 1.165) is 0 Å². The lowest BCUT2D eigenvalue weighted by atomic mass is 11.3. The molecule has 0 aromatic heterocycles. The molecule has 8 heavy (non-hydrogen) atoms. The predicted octanol–water partition coefficient (Wildman–Crippen LogP) is -2.24. The van der Waals surface area contributed by atoms with Gasteiger partial charge in [0.05, 0.1) is 7.05 Å². The van der Waals surface area contributed by atoms with Crippen LogP contribution in [0.15, 0.2) is 0 Å². The second-order valence-corrected chi connectivity index (χ2v) is 3.52. The summed E-state index contributed by atoms with van der Waals surface area (Å²) in [6.07, 6.45) is 0. The molecule has 0 aliphatic heterocycles. The molecular formula is C3H10N2O2S. The molecule has 0 amide bonds. The van der Waals surface area contributed by atoms with Crippen molar-refractivity contribution in [2.75, 3.05) is 14.1 Å². The van der Waals surface area contributed by atoms with E-state index in [-0.39, 0.29) is 4.31 Å². The van der Waals surface area contributed by atoms with Crippen LogP contribution < -0.4 is 9.03 Å². The summed E-state index contributed by atoms with van der Waals surface area (Å²) >= 11 is 0. The highest BCUT2D eigenvalue weighted by molar-refractivity contribution is 7.83. The Hall–Kier alpha value is -0.130. The van der Waals surface area contributed by atoms with Gasteiger partial charge in [0.25, 0.3) is 0 Å². The Morgan fingerprint density at radius 1 is 1.62 bits per heavy atom. The summed E-state index contributed by atoms with van der Waals surface area (Å²) in [5.41, 5.74) is 0. The molecule has 5 heteroatoms. The summed E-state index contributed by atoms with van der Waals surface area (Å²) in [7, 11) is 2.85. The molecule has 0 aromatic rings. The van der Waals surface area contributed by atoms with Crippen LogP contribution in [0, 0.1) is 7.05 Å². The van der Waals surface area contributed by atoms with Crippen LogP contribution in [0.25, 0.3) is 0 Å². The fourth-order valence-corrected chi connectivity index (χ4v) is 0.523. The summed E-state index contributed by atoms with van der Waals surface area (Å²) in [6, 6.07) is 0. The third-order valence-corrected chi connectivity index (χ3v) is 2.18. The van der Waals surface area contributed by atoms with Crippen LogP contribution in [-0.4, -0.2) is 22.5 Å². The summed E-state index contributed by atoms with van der Waals surface area (Å²) in [5.74, 6) is 0. The molecule has 0 fully saturated rings. The highest BCUT2D eigenvalue weighted by Crippen LogP contribution is 1.56. The molecule has 0 radical (unpaired) electrons. The highest BCUT2D eigenvalue weighted by Gasteiger charge is 2.06. The average molecular weight is 138 g/mol. The van der Waals surface area contributed by atoms with Crippen molar-refractivity contribution in [2.24, 2.45) is 0 Å². The largest absolute Gasteiger partial charge is 0.349 e. The van der Waals surface area contributed by atoms with E-state index in [9.17, 15) is 8.42 Å². The van der Waals surface area contributed by atoms with E-state index < -0.39 is 10.2 Å². The van der Waals surface area contributed by atoms with Crippen LogP contribution in [0.3, 0.4) is 0 Å². The smallest absolute Gasteiger partial charge is 0.343 e. The third-order valence-electron chi connectivity index (χ3n) is 0.727. The van der Waals surface area contributed by atoms with Crippen molar-refractivity contribution in [1.29, 1.82) is 0 Å². The van der Waals surface area contributed by atoms with Crippen LogP contribution >= 0.6 is 0 Å². The maximum Gasteiger partial charge on any atom is 0.343 e. The minimum absolute atomic E-state index is 0.139. The maximum absolute atomic E-state index is 10.5. The Labute approximate surface area is 49.7 Å². The van der Waals surface area contributed by atoms with Crippen molar-refractivity contribution < 1.29 is 12.7 Å². The number of hydrogen-bond acceptors (Lipinski definition) is 2. The van der Waals surface area contributed by atoms with Crippen molar-refractivity contribution in [3.8, 4) is 0 Å². The molecule has 0 rings (SSSR count). The van der Waals surface area contributed by atoms with Gasteiger partial charge < -0.3 is 4.31 Å². The minimum Gasteiger partial charge on any atom is -0.349 e. The maximum atomic E-state index is 10.5. The Balaban J connectivity index is 4.17. The molecule has 0 spiro atoms. The van der Waals surface area contributed by atoms with Crippen molar-refractivity contribution in [1.82, 2.24) is 4.72 Å². The highest BCUT2D eigenvalue weighted by atomic mass is 32.2. The summed E-state index contributed by atoms with van der Waals surface area (Å²) < 4.78 is 23.2. The van der Waals surface area contributed by atoms with Crippen LogP contribution in [0.5, 0.6) is 0 Å². The number of quaternary nitrogens is 1. The van der Waals surface area contributed by atoms with Crippen LogP contribution in [0.1, 0.15) is 0 Å². The molecule has 0 heterocycles. The molecule has 0 saturated carbocycles. The first-order chi connectivity index (χ1) is 3.50. The zero-order chi connectivity index (χ0) is 6.78. The molecule has 0 saturated heterocycles. The lowest BCUT2D eigenvalue weighted by Gasteiger charge is -2.11. The molecule has 2 N–H and O–H groups in total. The first-order valence-electron chi connectivity index (χ1n) is 2.10. The van der Waals surface area contributed by atoms with Gasteiger partial charge in [-0.05, 0) is 0 Å². The summed E-state index contributed by atoms with van der Waals surface area (Å²) in [4.78, 5) is 0. The monoisotopic (exact) mass is 138 g/mol. The van der Waals surface area contributed by atoms with E-state index in [1.807, 2.05) is 0 Å². The van der Waals surface area contributed by atoms with Gasteiger partial charge in [-0.15, -0.1) is 7.05 Å². The number of nitrogens with one attached hydrogen (secondary N) is 2. The van der Waals surface area contributed by atoms with Crippen LogP contribution in [0.4, 0.5) is 0 Å². The molecule has 0 aliphatic rings. The van der Waals surface area contributed by atoms with Gasteiger partial charge >= 0.3 is 10.2 Å². The zero-order valence-electron chi connectivity index (χ0n) is 4.93. The van der Waals surface area contributed by atoms with E-state index in [1.54, 1.807) is 0 Å². The molecule has 1 unspecified atom stereocenters. The average Bonchev–Trinajstić information content (AvgIpc) is 1.67. The molecule has 1 atom stereocenters. The summed E-state index contributed by atoms with van der Waals surface area (Å²) in [5, 5.41) is 0. The van der Waals surface area contributed by atoms with E-state index in [1.165, 1.54) is 14.1 Å². The van der Waals surface area contributed by atoms with Crippen molar-refractivity contribution in [3.63, 3.8) is 0 Å². The quantitative estimate of drug-likeness (QED) is 0.424. The fraction of sp³-hybridized carbons (Fsp3) is 0.667. The first-order valence-corrected chi connectivity index (χ1v) is 3.58. The normalized spacial score (nSPS) is 15.9. The van der Waals surface area contributed by atoms with Gasteiger partial charge in [-0.2, -0.15) is 13.1 Å². The lowest BCUT2D eigenvalue weighted by Crippen LogP contribution is -3.07. The second-order valence-electron chi connectivity index (χ2n) is 1.41. The van der Waals surface area contributed by atoms with Gasteiger partial charge in [0.15, 0.2) is 0 Å².